The predicted octanol–water partition coefficient (Wildman–Crippen LogP) is 1.92. The number of amides is 1. The topological polar surface area (TPSA) is 78.0 Å². The van der Waals surface area contributed by atoms with Gasteiger partial charge in [-0.3, -0.25) is 9.79 Å². The summed E-state index contributed by atoms with van der Waals surface area (Å²) in [6.45, 7) is 7.70. The predicted molar refractivity (Wildman–Crippen MR) is 121 cm³/mol. The summed E-state index contributed by atoms with van der Waals surface area (Å²) in [6.07, 6.45) is 5.38. The molecule has 1 aliphatic carbocycles. The first-order valence-corrected chi connectivity index (χ1v) is 11.3. The summed E-state index contributed by atoms with van der Waals surface area (Å²) >= 11 is 0. The van der Waals surface area contributed by atoms with Gasteiger partial charge in [-0.15, -0.1) is 0 Å². The van der Waals surface area contributed by atoms with Gasteiger partial charge in [-0.1, -0.05) is 12.1 Å². The number of carbonyl (C=O) groups is 1. The van der Waals surface area contributed by atoms with Crippen LogP contribution in [0.15, 0.2) is 29.3 Å². The van der Waals surface area contributed by atoms with Crippen LogP contribution in [-0.2, 0) is 11.2 Å². The van der Waals surface area contributed by atoms with Crippen LogP contribution in [0.25, 0.3) is 0 Å². The molecule has 2 aliphatic rings. The van der Waals surface area contributed by atoms with E-state index in [1.807, 2.05) is 31.3 Å². The van der Waals surface area contributed by atoms with Crippen molar-refractivity contribution >= 4 is 11.9 Å². The lowest BCUT2D eigenvalue weighted by molar-refractivity contribution is -0.123. The van der Waals surface area contributed by atoms with Gasteiger partial charge in [0.15, 0.2) is 12.6 Å². The minimum Gasteiger partial charge on any atom is -0.484 e. The van der Waals surface area contributed by atoms with Crippen LogP contribution in [0.1, 0.15) is 45.1 Å². The van der Waals surface area contributed by atoms with Gasteiger partial charge < -0.3 is 25.6 Å². The molecule has 3 rings (SSSR count). The van der Waals surface area contributed by atoms with Crippen molar-refractivity contribution in [1.82, 2.24) is 20.9 Å². The van der Waals surface area contributed by atoms with Gasteiger partial charge in [0.05, 0.1) is 0 Å². The van der Waals surface area contributed by atoms with Crippen LogP contribution in [0.4, 0.5) is 0 Å². The van der Waals surface area contributed by atoms with Crippen LogP contribution in [0, 0.1) is 0 Å². The van der Waals surface area contributed by atoms with Crippen LogP contribution in [0.5, 0.6) is 5.75 Å². The average Bonchev–Trinajstić information content (AvgIpc) is 3.56. The maximum Gasteiger partial charge on any atom is 0.258 e. The van der Waals surface area contributed by atoms with Crippen LogP contribution in [0.2, 0.25) is 0 Å². The summed E-state index contributed by atoms with van der Waals surface area (Å²) < 4.78 is 5.56. The average molecular weight is 416 g/mol. The van der Waals surface area contributed by atoms with Gasteiger partial charge in [-0.2, -0.15) is 0 Å². The highest BCUT2D eigenvalue weighted by Gasteiger charge is 2.23. The van der Waals surface area contributed by atoms with E-state index in [4.69, 9.17) is 4.74 Å². The molecule has 1 amide bonds. The second-order valence-electron chi connectivity index (χ2n) is 8.57. The first kappa shape index (κ1) is 22.4. The van der Waals surface area contributed by atoms with Gasteiger partial charge in [-0.25, -0.2) is 0 Å². The molecule has 1 aromatic rings. The van der Waals surface area contributed by atoms with Crippen LogP contribution in [0.3, 0.4) is 0 Å². The Balaban J connectivity index is 1.33. The fraction of sp³-hybridized carbons (Fsp3) is 0.652. The molecule has 0 aromatic heterocycles. The van der Waals surface area contributed by atoms with Gasteiger partial charge in [0.2, 0.25) is 0 Å². The van der Waals surface area contributed by atoms with Crippen molar-refractivity contribution in [3.63, 3.8) is 0 Å². The number of rotatable bonds is 9. The molecule has 1 heterocycles. The minimum absolute atomic E-state index is 0.0421. The zero-order valence-electron chi connectivity index (χ0n) is 18.6. The Bertz CT molecular complexity index is 692. The zero-order valence-corrected chi connectivity index (χ0v) is 18.6. The first-order chi connectivity index (χ1) is 14.5. The summed E-state index contributed by atoms with van der Waals surface area (Å²) in [7, 11) is 1.82. The van der Waals surface area contributed by atoms with E-state index in [-0.39, 0.29) is 12.5 Å². The monoisotopic (exact) mass is 415 g/mol. The van der Waals surface area contributed by atoms with Crippen molar-refractivity contribution in [2.24, 2.45) is 4.99 Å². The van der Waals surface area contributed by atoms with E-state index in [0.717, 1.165) is 63.4 Å². The second kappa shape index (κ2) is 11.2. The normalized spacial score (nSPS) is 18.3. The molecule has 1 saturated heterocycles. The number of aliphatic imine (C=N–C) groups is 1. The number of likely N-dealkylation sites (tertiary alicyclic amines) is 1. The SMILES string of the molecule is CN=C(NCCc1ccc(OCC(=O)NC2CC2)cc1)NC1CCN(C(C)C)CC1. The van der Waals surface area contributed by atoms with Gasteiger partial charge in [0.1, 0.15) is 5.75 Å². The zero-order chi connectivity index (χ0) is 21.3. The highest BCUT2D eigenvalue weighted by Crippen LogP contribution is 2.18. The van der Waals surface area contributed by atoms with Crippen molar-refractivity contribution in [3.8, 4) is 5.75 Å². The van der Waals surface area contributed by atoms with Crippen LogP contribution >= 0.6 is 0 Å². The van der Waals surface area contributed by atoms with Crippen LogP contribution < -0.4 is 20.7 Å². The Morgan fingerprint density at radius 2 is 1.77 bits per heavy atom. The number of nitrogens with one attached hydrogen (secondary N) is 3. The Kier molecular flexibility index (Phi) is 8.37. The maximum absolute atomic E-state index is 11.7. The molecule has 0 radical (unpaired) electrons. The molecule has 1 saturated carbocycles. The number of benzene rings is 1. The van der Waals surface area contributed by atoms with E-state index in [2.05, 4.69) is 39.7 Å². The van der Waals surface area contributed by atoms with Crippen molar-refractivity contribution in [3.05, 3.63) is 29.8 Å². The van der Waals surface area contributed by atoms with Gasteiger partial charge in [0.25, 0.3) is 5.91 Å². The molecular weight excluding hydrogens is 378 g/mol. The standard InChI is InChI=1S/C23H37N5O2/c1-17(2)28-14-11-20(12-15-28)27-23(24-3)25-13-10-18-4-8-21(9-5-18)30-16-22(29)26-19-6-7-19/h4-5,8-9,17,19-20H,6-7,10-16H2,1-3H3,(H,26,29)(H2,24,25,27). The quantitative estimate of drug-likeness (QED) is 0.424. The fourth-order valence-electron chi connectivity index (χ4n) is 3.67. The smallest absolute Gasteiger partial charge is 0.258 e. The lowest BCUT2D eigenvalue weighted by Crippen LogP contribution is -2.50. The first-order valence-electron chi connectivity index (χ1n) is 11.3. The molecule has 7 heteroatoms. The molecular formula is C23H37N5O2. The summed E-state index contributed by atoms with van der Waals surface area (Å²) in [4.78, 5) is 18.6. The van der Waals surface area contributed by atoms with E-state index in [1.165, 1.54) is 5.56 Å². The van der Waals surface area contributed by atoms with Crippen molar-refractivity contribution in [1.29, 1.82) is 0 Å². The number of hydrogen-bond donors (Lipinski definition) is 3. The number of carbonyl (C=O) groups excluding carboxylic acids is 1. The minimum atomic E-state index is -0.0421. The van der Waals surface area contributed by atoms with Crippen molar-refractivity contribution in [2.75, 3.05) is 33.3 Å². The van der Waals surface area contributed by atoms with Gasteiger partial charge in [0, 0.05) is 44.8 Å². The summed E-state index contributed by atoms with van der Waals surface area (Å²) in [5, 5.41) is 9.90. The molecule has 30 heavy (non-hydrogen) atoms. The van der Waals surface area contributed by atoms with Gasteiger partial charge in [-0.05, 0) is 63.6 Å². The number of guanidine groups is 1. The Morgan fingerprint density at radius 1 is 1.10 bits per heavy atom. The van der Waals surface area contributed by atoms with E-state index in [0.29, 0.717) is 18.1 Å². The van der Waals surface area contributed by atoms with Gasteiger partial charge >= 0.3 is 0 Å². The van der Waals surface area contributed by atoms with Crippen LogP contribution in [-0.4, -0.2) is 68.2 Å². The Hall–Kier alpha value is -2.28. The highest BCUT2D eigenvalue weighted by atomic mass is 16.5. The third kappa shape index (κ3) is 7.52. The molecule has 1 aliphatic heterocycles. The molecule has 1 aromatic carbocycles. The molecule has 0 spiro atoms. The second-order valence-corrected chi connectivity index (χ2v) is 8.57. The Labute approximate surface area is 180 Å². The number of hydrogen-bond acceptors (Lipinski definition) is 4. The molecule has 2 fully saturated rings. The molecule has 166 valence electrons. The third-order valence-electron chi connectivity index (χ3n) is 5.77. The highest BCUT2D eigenvalue weighted by molar-refractivity contribution is 5.80. The Morgan fingerprint density at radius 3 is 2.37 bits per heavy atom. The van der Waals surface area contributed by atoms with Crippen molar-refractivity contribution < 1.29 is 9.53 Å². The lowest BCUT2D eigenvalue weighted by atomic mass is 10.0. The largest absolute Gasteiger partial charge is 0.484 e. The van der Waals surface area contributed by atoms with E-state index < -0.39 is 0 Å². The summed E-state index contributed by atoms with van der Waals surface area (Å²) in [6, 6.07) is 9.43. The molecule has 0 unspecified atom stereocenters. The molecule has 0 bridgehead atoms. The van der Waals surface area contributed by atoms with E-state index in [1.54, 1.807) is 0 Å². The maximum atomic E-state index is 11.7. The molecule has 7 nitrogen and oxygen atoms in total. The fourth-order valence-corrected chi connectivity index (χ4v) is 3.67. The molecule has 0 atom stereocenters. The third-order valence-corrected chi connectivity index (χ3v) is 5.77. The summed E-state index contributed by atoms with van der Waals surface area (Å²) in [5.41, 5.74) is 1.22. The van der Waals surface area contributed by atoms with E-state index >= 15 is 0 Å². The molecule has 3 N–H and O–H groups in total. The number of nitrogens with zero attached hydrogens (tertiary/aromatic N) is 2. The lowest BCUT2D eigenvalue weighted by Gasteiger charge is -2.35. The number of piperidine rings is 1. The van der Waals surface area contributed by atoms with E-state index in [9.17, 15) is 4.79 Å². The van der Waals surface area contributed by atoms with Crippen molar-refractivity contribution in [2.45, 2.75) is 64.1 Å². The summed E-state index contributed by atoms with van der Waals surface area (Å²) in [5.74, 6) is 1.56. The number of ether oxygens (including phenoxy) is 1.